The maximum atomic E-state index is 12.3. The van der Waals surface area contributed by atoms with Crippen LogP contribution in [0.15, 0.2) is 42.5 Å². The largest absolute Gasteiger partial charge is 0.496 e. The molecule has 1 atom stereocenters. The number of rotatable bonds is 6. The van der Waals surface area contributed by atoms with Gasteiger partial charge in [0.15, 0.2) is 6.10 Å². The van der Waals surface area contributed by atoms with Gasteiger partial charge < -0.3 is 14.8 Å². The lowest BCUT2D eigenvalue weighted by Gasteiger charge is -2.15. The van der Waals surface area contributed by atoms with Crippen molar-refractivity contribution in [1.82, 2.24) is 0 Å². The van der Waals surface area contributed by atoms with Crippen LogP contribution in [0.25, 0.3) is 0 Å². The summed E-state index contributed by atoms with van der Waals surface area (Å²) in [7, 11) is 1.42. The summed E-state index contributed by atoms with van der Waals surface area (Å²) in [6.07, 6.45) is -1.16. The highest BCUT2D eigenvalue weighted by Crippen LogP contribution is 2.24. The van der Waals surface area contributed by atoms with E-state index in [-0.39, 0.29) is 16.9 Å². The van der Waals surface area contributed by atoms with Crippen molar-refractivity contribution in [1.29, 1.82) is 0 Å². The number of carbonyl (C=O) groups excluding carboxylic acids is 2. The number of carbonyl (C=O) groups is 2. The molecule has 2 aromatic carbocycles. The second kappa shape index (κ2) is 8.11. The summed E-state index contributed by atoms with van der Waals surface area (Å²) >= 11 is 0. The molecule has 0 heterocycles. The fraction of sp³-hybridized carbons (Fsp3) is 0.222. The van der Waals surface area contributed by atoms with Gasteiger partial charge in [-0.3, -0.25) is 14.9 Å². The molecule has 0 spiro atoms. The van der Waals surface area contributed by atoms with Crippen molar-refractivity contribution in [2.24, 2.45) is 0 Å². The first kappa shape index (κ1) is 18.9. The number of hydrogen-bond donors (Lipinski definition) is 1. The third-order valence-corrected chi connectivity index (χ3v) is 3.59. The van der Waals surface area contributed by atoms with Crippen molar-refractivity contribution in [3.05, 3.63) is 63.7 Å². The van der Waals surface area contributed by atoms with Crippen molar-refractivity contribution < 1.29 is 24.0 Å². The Balaban J connectivity index is 2.11. The molecule has 0 saturated heterocycles. The maximum absolute atomic E-state index is 12.3. The standard InChI is InChI=1S/C18H18N2O6/c1-11-8-9-16(25-3)13(10-11)18(22)26-12(2)17(21)19-14-6-4-5-7-15(14)20(23)24/h4-10,12H,1-3H3,(H,19,21)/t12-/m1/s1. The van der Waals surface area contributed by atoms with Gasteiger partial charge >= 0.3 is 5.97 Å². The summed E-state index contributed by atoms with van der Waals surface area (Å²) in [5, 5.41) is 13.4. The third kappa shape index (κ3) is 4.35. The van der Waals surface area contributed by atoms with E-state index in [1.54, 1.807) is 31.2 Å². The number of nitro groups is 1. The predicted molar refractivity (Wildman–Crippen MR) is 94.3 cm³/mol. The molecule has 0 radical (unpaired) electrons. The zero-order valence-electron chi connectivity index (χ0n) is 14.5. The van der Waals surface area contributed by atoms with Crippen molar-refractivity contribution in [3.8, 4) is 5.75 Å². The van der Waals surface area contributed by atoms with E-state index in [4.69, 9.17) is 9.47 Å². The van der Waals surface area contributed by atoms with Crippen LogP contribution < -0.4 is 10.1 Å². The van der Waals surface area contributed by atoms with Crippen LogP contribution in [-0.4, -0.2) is 30.0 Å². The van der Waals surface area contributed by atoms with Gasteiger partial charge in [-0.15, -0.1) is 0 Å². The number of aryl methyl sites for hydroxylation is 1. The number of esters is 1. The number of ether oxygens (including phenoxy) is 2. The minimum absolute atomic E-state index is 0.0264. The quantitative estimate of drug-likeness (QED) is 0.483. The van der Waals surface area contributed by atoms with Crippen LogP contribution in [0.5, 0.6) is 5.75 Å². The van der Waals surface area contributed by atoms with Gasteiger partial charge in [-0.25, -0.2) is 4.79 Å². The summed E-state index contributed by atoms with van der Waals surface area (Å²) in [5.74, 6) is -1.08. The van der Waals surface area contributed by atoms with Gasteiger partial charge in [0.05, 0.1) is 12.0 Å². The van der Waals surface area contributed by atoms with E-state index in [9.17, 15) is 19.7 Å². The smallest absolute Gasteiger partial charge is 0.342 e. The lowest BCUT2D eigenvalue weighted by molar-refractivity contribution is -0.383. The zero-order chi connectivity index (χ0) is 19.3. The monoisotopic (exact) mass is 358 g/mol. The lowest BCUT2D eigenvalue weighted by Crippen LogP contribution is -2.30. The molecule has 0 aromatic heterocycles. The molecule has 0 aliphatic carbocycles. The van der Waals surface area contributed by atoms with Crippen LogP contribution in [0.4, 0.5) is 11.4 Å². The zero-order valence-corrected chi connectivity index (χ0v) is 14.5. The van der Waals surface area contributed by atoms with Gasteiger partial charge in [0, 0.05) is 6.07 Å². The van der Waals surface area contributed by atoms with Gasteiger partial charge in [0.1, 0.15) is 17.0 Å². The molecule has 2 rings (SSSR count). The SMILES string of the molecule is COc1ccc(C)cc1C(=O)O[C@H](C)C(=O)Nc1ccccc1[N+](=O)[O-]. The number of methoxy groups -OCH3 is 1. The average Bonchev–Trinajstić information content (AvgIpc) is 2.61. The molecule has 0 fully saturated rings. The summed E-state index contributed by atoms with van der Waals surface area (Å²) in [5.41, 5.74) is 0.797. The molecule has 1 amide bonds. The number of benzene rings is 2. The summed E-state index contributed by atoms with van der Waals surface area (Å²) < 4.78 is 10.3. The van der Waals surface area contributed by atoms with E-state index in [0.29, 0.717) is 5.75 Å². The Labute approximate surface area is 149 Å². The Morgan fingerprint density at radius 1 is 1.19 bits per heavy atom. The molecule has 8 nitrogen and oxygen atoms in total. The topological polar surface area (TPSA) is 108 Å². The van der Waals surface area contributed by atoms with Gasteiger partial charge in [-0.1, -0.05) is 23.8 Å². The number of nitrogens with zero attached hydrogens (tertiary/aromatic N) is 1. The highest BCUT2D eigenvalue weighted by molar-refractivity contribution is 5.99. The summed E-state index contributed by atoms with van der Waals surface area (Å²) in [6, 6.07) is 10.7. The molecule has 26 heavy (non-hydrogen) atoms. The number of nitro benzene ring substituents is 1. The van der Waals surface area contributed by atoms with Crippen LogP contribution in [0.1, 0.15) is 22.8 Å². The molecule has 0 aliphatic heterocycles. The van der Waals surface area contributed by atoms with Gasteiger partial charge in [-0.05, 0) is 32.0 Å². The first-order chi connectivity index (χ1) is 12.3. The molecule has 0 aliphatic rings. The fourth-order valence-electron chi connectivity index (χ4n) is 2.23. The number of amides is 1. The van der Waals surface area contributed by atoms with E-state index < -0.39 is 22.9 Å². The maximum Gasteiger partial charge on any atom is 0.342 e. The third-order valence-electron chi connectivity index (χ3n) is 3.59. The molecule has 1 N–H and O–H groups in total. The number of hydrogen-bond acceptors (Lipinski definition) is 6. The van der Waals surface area contributed by atoms with E-state index in [2.05, 4.69) is 5.32 Å². The Morgan fingerprint density at radius 3 is 2.54 bits per heavy atom. The molecule has 8 heteroatoms. The Kier molecular flexibility index (Phi) is 5.90. The van der Waals surface area contributed by atoms with Gasteiger partial charge in [-0.2, -0.15) is 0 Å². The van der Waals surface area contributed by atoms with Crippen LogP contribution in [0, 0.1) is 17.0 Å². The number of nitrogens with one attached hydrogen (secondary N) is 1. The second-order valence-corrected chi connectivity index (χ2v) is 5.51. The predicted octanol–water partition coefficient (Wildman–Crippen LogP) is 3.10. The van der Waals surface area contributed by atoms with Crippen molar-refractivity contribution >= 4 is 23.3 Å². The fourth-order valence-corrected chi connectivity index (χ4v) is 2.23. The highest BCUT2D eigenvalue weighted by atomic mass is 16.6. The first-order valence-corrected chi connectivity index (χ1v) is 7.73. The highest BCUT2D eigenvalue weighted by Gasteiger charge is 2.23. The normalized spacial score (nSPS) is 11.3. The van der Waals surface area contributed by atoms with Crippen LogP contribution in [0.3, 0.4) is 0 Å². The minimum Gasteiger partial charge on any atom is -0.496 e. The van der Waals surface area contributed by atoms with E-state index in [0.717, 1.165) is 5.56 Å². The van der Waals surface area contributed by atoms with Crippen molar-refractivity contribution in [3.63, 3.8) is 0 Å². The number of para-hydroxylation sites is 2. The molecule has 0 unspecified atom stereocenters. The average molecular weight is 358 g/mol. The van der Waals surface area contributed by atoms with Gasteiger partial charge in [0.2, 0.25) is 0 Å². The summed E-state index contributed by atoms with van der Waals surface area (Å²) in [6.45, 7) is 3.19. The first-order valence-electron chi connectivity index (χ1n) is 7.73. The molecule has 0 saturated carbocycles. The molecule has 0 bridgehead atoms. The van der Waals surface area contributed by atoms with E-state index in [1.165, 1.54) is 32.2 Å². The van der Waals surface area contributed by atoms with Crippen molar-refractivity contribution in [2.45, 2.75) is 20.0 Å². The molecule has 136 valence electrons. The van der Waals surface area contributed by atoms with Crippen molar-refractivity contribution in [2.75, 3.05) is 12.4 Å². The molecular weight excluding hydrogens is 340 g/mol. The van der Waals surface area contributed by atoms with Crippen LogP contribution in [0.2, 0.25) is 0 Å². The lowest BCUT2D eigenvalue weighted by atomic mass is 10.1. The minimum atomic E-state index is -1.16. The van der Waals surface area contributed by atoms with E-state index in [1.807, 2.05) is 0 Å². The molecule has 2 aromatic rings. The molecular formula is C18H18N2O6. The Morgan fingerprint density at radius 2 is 1.88 bits per heavy atom. The summed E-state index contributed by atoms with van der Waals surface area (Å²) in [4.78, 5) is 34.9. The second-order valence-electron chi connectivity index (χ2n) is 5.51. The van der Waals surface area contributed by atoms with Crippen LogP contribution in [-0.2, 0) is 9.53 Å². The van der Waals surface area contributed by atoms with Crippen LogP contribution >= 0.6 is 0 Å². The Hall–Kier alpha value is -3.42. The Bertz CT molecular complexity index is 849. The van der Waals surface area contributed by atoms with E-state index >= 15 is 0 Å². The number of anilines is 1. The van der Waals surface area contributed by atoms with Gasteiger partial charge in [0.25, 0.3) is 11.6 Å².